The number of carbonyl (C=O) groups is 2. The molecule has 4 heteroatoms. The number of allylic oxidation sites excluding steroid dienone is 5. The second-order valence-corrected chi connectivity index (χ2v) is 5.84. The van der Waals surface area contributed by atoms with Crippen LogP contribution in [-0.4, -0.2) is 25.2 Å². The standard InChI is InChI=1S/C22H32O4/c1-21(23)25-19-17-15-13-11-9-7-5-3-4-6-8-10-12-14-16-18-20-26-22(2)24/h3-4,12,14,16,18H,5-7,9,11,13,15,17,19-20H2,1-2H3/b4-3-,14-12+,18-16+. The molecule has 144 valence electrons. The van der Waals surface area contributed by atoms with Gasteiger partial charge in [-0.05, 0) is 31.4 Å². The number of rotatable bonds is 13. The lowest BCUT2D eigenvalue weighted by Crippen LogP contribution is -1.99. The van der Waals surface area contributed by atoms with Crippen molar-refractivity contribution in [2.24, 2.45) is 0 Å². The minimum absolute atomic E-state index is 0.189. The Labute approximate surface area is 158 Å². The molecule has 0 radical (unpaired) electrons. The van der Waals surface area contributed by atoms with Crippen molar-refractivity contribution in [3.63, 3.8) is 0 Å². The molecule has 0 N–H and O–H groups in total. The average molecular weight is 360 g/mol. The second kappa shape index (κ2) is 19.1. The first kappa shape index (κ1) is 23.7. The number of carbonyl (C=O) groups excluding carboxylic acids is 2. The smallest absolute Gasteiger partial charge is 0.302 e. The third kappa shape index (κ3) is 21.7. The molecule has 0 atom stereocenters. The minimum atomic E-state index is -0.276. The molecule has 0 rings (SSSR count). The first-order valence-electron chi connectivity index (χ1n) is 9.34. The van der Waals surface area contributed by atoms with Crippen molar-refractivity contribution in [3.05, 3.63) is 36.5 Å². The fourth-order valence-corrected chi connectivity index (χ4v) is 2.07. The van der Waals surface area contributed by atoms with Gasteiger partial charge in [0.2, 0.25) is 0 Å². The summed E-state index contributed by atoms with van der Waals surface area (Å²) in [5.74, 6) is 5.54. The van der Waals surface area contributed by atoms with E-state index < -0.39 is 0 Å². The molecule has 0 aliphatic carbocycles. The third-order valence-electron chi connectivity index (χ3n) is 3.37. The predicted octanol–water partition coefficient (Wildman–Crippen LogP) is 4.91. The van der Waals surface area contributed by atoms with Gasteiger partial charge in [-0.1, -0.05) is 61.8 Å². The van der Waals surface area contributed by atoms with Crippen LogP contribution in [0.2, 0.25) is 0 Å². The number of esters is 2. The van der Waals surface area contributed by atoms with E-state index in [1.54, 1.807) is 12.2 Å². The summed E-state index contributed by atoms with van der Waals surface area (Å²) in [7, 11) is 0. The molecule has 0 aromatic rings. The Bertz CT molecular complexity index is 518. The van der Waals surface area contributed by atoms with E-state index in [9.17, 15) is 9.59 Å². The lowest BCUT2D eigenvalue weighted by molar-refractivity contribution is -0.141. The van der Waals surface area contributed by atoms with Crippen LogP contribution in [0.4, 0.5) is 0 Å². The lowest BCUT2D eigenvalue weighted by atomic mass is 10.1. The van der Waals surface area contributed by atoms with Crippen LogP contribution < -0.4 is 0 Å². The summed E-state index contributed by atoms with van der Waals surface area (Å²) >= 11 is 0. The second-order valence-electron chi connectivity index (χ2n) is 5.84. The van der Waals surface area contributed by atoms with Crippen LogP contribution in [0.25, 0.3) is 0 Å². The summed E-state index contributed by atoms with van der Waals surface area (Å²) in [6, 6.07) is 0. The third-order valence-corrected chi connectivity index (χ3v) is 3.37. The summed E-state index contributed by atoms with van der Waals surface area (Å²) in [4.78, 5) is 21.1. The SMILES string of the molecule is CC(=O)OC/C=C/C=C/C#CC/C=C\CCCCCCCCOC(C)=O. The van der Waals surface area contributed by atoms with Crippen LogP contribution in [0, 0.1) is 11.8 Å². The van der Waals surface area contributed by atoms with Crippen molar-refractivity contribution in [2.75, 3.05) is 13.2 Å². The summed E-state index contributed by atoms with van der Waals surface area (Å²) in [6.45, 7) is 3.69. The van der Waals surface area contributed by atoms with Gasteiger partial charge in [0.1, 0.15) is 6.61 Å². The Morgan fingerprint density at radius 1 is 0.808 bits per heavy atom. The Hall–Kier alpha value is -2.28. The van der Waals surface area contributed by atoms with E-state index >= 15 is 0 Å². The monoisotopic (exact) mass is 360 g/mol. The summed E-state index contributed by atoms with van der Waals surface area (Å²) < 4.78 is 9.65. The van der Waals surface area contributed by atoms with E-state index in [-0.39, 0.29) is 11.9 Å². The van der Waals surface area contributed by atoms with Crippen LogP contribution in [0.1, 0.15) is 65.2 Å². The van der Waals surface area contributed by atoms with E-state index in [1.165, 1.54) is 39.5 Å². The van der Waals surface area contributed by atoms with Crippen LogP contribution in [-0.2, 0) is 19.1 Å². The number of ether oxygens (including phenoxy) is 2. The fourth-order valence-electron chi connectivity index (χ4n) is 2.07. The highest BCUT2D eigenvalue weighted by Gasteiger charge is 1.93. The van der Waals surface area contributed by atoms with Crippen molar-refractivity contribution in [1.29, 1.82) is 0 Å². The molecule has 0 saturated carbocycles. The fraction of sp³-hybridized carbons (Fsp3) is 0.545. The van der Waals surface area contributed by atoms with Gasteiger partial charge in [-0.3, -0.25) is 9.59 Å². The highest BCUT2D eigenvalue weighted by molar-refractivity contribution is 5.66. The van der Waals surface area contributed by atoms with Crippen LogP contribution in [0.3, 0.4) is 0 Å². The minimum Gasteiger partial charge on any atom is -0.466 e. The molecule has 0 bridgehead atoms. The van der Waals surface area contributed by atoms with Crippen molar-refractivity contribution in [3.8, 4) is 11.8 Å². The molecule has 0 saturated heterocycles. The summed E-state index contributed by atoms with van der Waals surface area (Å²) in [5.41, 5.74) is 0. The van der Waals surface area contributed by atoms with Crippen molar-refractivity contribution < 1.29 is 19.1 Å². The number of unbranched alkanes of at least 4 members (excludes halogenated alkanes) is 6. The van der Waals surface area contributed by atoms with Gasteiger partial charge in [-0.25, -0.2) is 0 Å². The zero-order valence-corrected chi connectivity index (χ0v) is 16.2. The van der Waals surface area contributed by atoms with Gasteiger partial charge in [-0.15, -0.1) is 0 Å². The Kier molecular flexibility index (Phi) is 17.4. The quantitative estimate of drug-likeness (QED) is 0.154. The molecule has 0 amide bonds. The predicted molar refractivity (Wildman–Crippen MR) is 105 cm³/mol. The Morgan fingerprint density at radius 3 is 2.23 bits per heavy atom. The van der Waals surface area contributed by atoms with E-state index in [1.807, 2.05) is 12.2 Å². The van der Waals surface area contributed by atoms with Crippen LogP contribution >= 0.6 is 0 Å². The highest BCUT2D eigenvalue weighted by Crippen LogP contribution is 2.07. The van der Waals surface area contributed by atoms with Crippen LogP contribution in [0.15, 0.2) is 36.5 Å². The number of hydrogen-bond acceptors (Lipinski definition) is 4. The molecule has 0 aromatic heterocycles. The zero-order valence-electron chi connectivity index (χ0n) is 16.2. The zero-order chi connectivity index (χ0) is 19.3. The first-order chi connectivity index (χ1) is 12.6. The largest absolute Gasteiger partial charge is 0.466 e. The van der Waals surface area contributed by atoms with Crippen molar-refractivity contribution in [1.82, 2.24) is 0 Å². The van der Waals surface area contributed by atoms with Crippen molar-refractivity contribution >= 4 is 11.9 Å². The maximum atomic E-state index is 10.6. The van der Waals surface area contributed by atoms with E-state index in [0.29, 0.717) is 13.2 Å². The number of hydrogen-bond donors (Lipinski definition) is 0. The Balaban J connectivity index is 3.41. The molecule has 0 aliphatic rings. The van der Waals surface area contributed by atoms with Gasteiger partial charge in [-0.2, -0.15) is 0 Å². The topological polar surface area (TPSA) is 52.6 Å². The normalized spacial score (nSPS) is 11.0. The summed E-state index contributed by atoms with van der Waals surface area (Å²) in [6.07, 6.45) is 20.3. The molecular weight excluding hydrogens is 328 g/mol. The van der Waals surface area contributed by atoms with Gasteiger partial charge in [0.05, 0.1) is 6.61 Å². The van der Waals surface area contributed by atoms with Gasteiger partial charge in [0.25, 0.3) is 0 Å². The van der Waals surface area contributed by atoms with E-state index in [0.717, 1.165) is 25.7 Å². The van der Waals surface area contributed by atoms with Gasteiger partial charge >= 0.3 is 11.9 Å². The Morgan fingerprint density at radius 2 is 1.50 bits per heavy atom. The molecule has 26 heavy (non-hydrogen) atoms. The van der Waals surface area contributed by atoms with Crippen molar-refractivity contribution in [2.45, 2.75) is 65.2 Å². The molecular formula is C22H32O4. The average Bonchev–Trinajstić information content (AvgIpc) is 2.59. The van der Waals surface area contributed by atoms with Gasteiger partial charge in [0.15, 0.2) is 0 Å². The summed E-state index contributed by atoms with van der Waals surface area (Å²) in [5, 5.41) is 0. The highest BCUT2D eigenvalue weighted by atomic mass is 16.5. The molecule has 0 aliphatic heterocycles. The molecule has 0 aromatic carbocycles. The molecule has 0 heterocycles. The molecule has 0 fully saturated rings. The van der Waals surface area contributed by atoms with E-state index in [4.69, 9.17) is 9.47 Å². The first-order valence-corrected chi connectivity index (χ1v) is 9.34. The molecule has 0 spiro atoms. The maximum Gasteiger partial charge on any atom is 0.302 e. The van der Waals surface area contributed by atoms with E-state index in [2.05, 4.69) is 24.0 Å². The van der Waals surface area contributed by atoms with Gasteiger partial charge < -0.3 is 9.47 Å². The molecule has 4 nitrogen and oxygen atoms in total. The maximum absolute atomic E-state index is 10.6. The lowest BCUT2D eigenvalue weighted by Gasteiger charge is -2.01. The van der Waals surface area contributed by atoms with Gasteiger partial charge in [0, 0.05) is 20.3 Å². The van der Waals surface area contributed by atoms with Crippen LogP contribution in [0.5, 0.6) is 0 Å². The molecule has 0 unspecified atom stereocenters.